The molecule has 1 aromatic rings. The number of hydrogen-bond acceptors (Lipinski definition) is 4. The van der Waals surface area contributed by atoms with Crippen molar-refractivity contribution in [2.75, 3.05) is 6.61 Å². The zero-order valence-electron chi connectivity index (χ0n) is 17.8. The number of carbonyl (C=O) groups excluding carboxylic acids is 1. The SMILES string of the molecule is CCCCCCOC1CCC2C(=O)C(Oc3cc(C)cc(C)c3C)=COC2C1. The zero-order valence-corrected chi connectivity index (χ0v) is 17.8. The van der Waals surface area contributed by atoms with Crippen LogP contribution in [0.3, 0.4) is 0 Å². The number of carbonyl (C=O) groups is 1. The van der Waals surface area contributed by atoms with Gasteiger partial charge in [-0.15, -0.1) is 0 Å². The average Bonchev–Trinajstić information content (AvgIpc) is 2.67. The summed E-state index contributed by atoms with van der Waals surface area (Å²) in [5.74, 6) is 1.01. The maximum absolute atomic E-state index is 13.0. The van der Waals surface area contributed by atoms with Crippen LogP contribution in [-0.4, -0.2) is 24.6 Å². The molecule has 0 N–H and O–H groups in total. The Kier molecular flexibility index (Phi) is 7.17. The van der Waals surface area contributed by atoms with Crippen LogP contribution in [0.15, 0.2) is 24.2 Å². The van der Waals surface area contributed by atoms with Gasteiger partial charge in [-0.25, -0.2) is 0 Å². The topological polar surface area (TPSA) is 44.8 Å². The van der Waals surface area contributed by atoms with Crippen LogP contribution in [0.1, 0.15) is 68.6 Å². The van der Waals surface area contributed by atoms with Gasteiger partial charge >= 0.3 is 0 Å². The summed E-state index contributed by atoms with van der Waals surface area (Å²) in [5, 5.41) is 0. The minimum Gasteiger partial charge on any atom is -0.493 e. The molecule has 0 bridgehead atoms. The molecule has 28 heavy (non-hydrogen) atoms. The molecule has 0 radical (unpaired) electrons. The molecule has 1 saturated carbocycles. The van der Waals surface area contributed by atoms with E-state index < -0.39 is 0 Å². The first kappa shape index (κ1) is 20.9. The van der Waals surface area contributed by atoms with Crippen LogP contribution in [0, 0.1) is 26.7 Å². The maximum atomic E-state index is 13.0. The number of aryl methyl sites for hydroxylation is 2. The van der Waals surface area contributed by atoms with Crippen molar-refractivity contribution in [3.63, 3.8) is 0 Å². The standard InChI is InChI=1S/C24H34O4/c1-5-6-7-8-11-26-19-9-10-20-22(14-19)27-15-23(24(20)25)28-21-13-16(2)12-17(3)18(21)4/h12-13,15,19-20,22H,5-11,14H2,1-4H3. The third kappa shape index (κ3) is 4.96. The van der Waals surface area contributed by atoms with Gasteiger partial charge in [-0.1, -0.05) is 32.3 Å². The van der Waals surface area contributed by atoms with Crippen molar-refractivity contribution in [3.8, 4) is 5.75 Å². The molecule has 3 atom stereocenters. The van der Waals surface area contributed by atoms with Crippen LogP contribution in [0.5, 0.6) is 5.75 Å². The van der Waals surface area contributed by atoms with Crippen molar-refractivity contribution < 1.29 is 19.0 Å². The van der Waals surface area contributed by atoms with Crippen molar-refractivity contribution in [3.05, 3.63) is 40.8 Å². The molecular formula is C24H34O4. The molecule has 1 fully saturated rings. The second-order valence-electron chi connectivity index (χ2n) is 8.30. The molecule has 3 unspecified atom stereocenters. The third-order valence-corrected chi connectivity index (χ3v) is 6.01. The first-order chi connectivity index (χ1) is 13.5. The molecule has 0 aromatic heterocycles. The van der Waals surface area contributed by atoms with E-state index in [9.17, 15) is 4.79 Å². The minimum atomic E-state index is -0.119. The summed E-state index contributed by atoms with van der Waals surface area (Å²) >= 11 is 0. The van der Waals surface area contributed by atoms with Gasteiger partial charge in [0.25, 0.3) is 0 Å². The summed E-state index contributed by atoms with van der Waals surface area (Å²) in [6, 6.07) is 4.10. The van der Waals surface area contributed by atoms with Gasteiger partial charge in [-0.3, -0.25) is 4.79 Å². The van der Waals surface area contributed by atoms with E-state index in [1.54, 1.807) is 0 Å². The van der Waals surface area contributed by atoms with E-state index in [0.29, 0.717) is 5.76 Å². The summed E-state index contributed by atoms with van der Waals surface area (Å²) in [4.78, 5) is 13.0. The summed E-state index contributed by atoms with van der Waals surface area (Å²) < 4.78 is 18.0. The molecule has 1 aromatic carbocycles. The molecule has 0 saturated heterocycles. The Labute approximate surface area is 169 Å². The molecule has 4 nitrogen and oxygen atoms in total. The highest BCUT2D eigenvalue weighted by molar-refractivity contribution is 5.96. The van der Waals surface area contributed by atoms with E-state index in [0.717, 1.165) is 54.7 Å². The largest absolute Gasteiger partial charge is 0.493 e. The fraction of sp³-hybridized carbons (Fsp3) is 0.625. The zero-order chi connectivity index (χ0) is 20.1. The molecule has 1 heterocycles. The molecular weight excluding hydrogens is 352 g/mol. The lowest BCUT2D eigenvalue weighted by atomic mass is 9.80. The Bertz CT molecular complexity index is 722. The van der Waals surface area contributed by atoms with Crippen molar-refractivity contribution in [1.29, 1.82) is 0 Å². The van der Waals surface area contributed by atoms with Gasteiger partial charge in [-0.05, 0) is 62.8 Å². The van der Waals surface area contributed by atoms with E-state index in [4.69, 9.17) is 14.2 Å². The van der Waals surface area contributed by atoms with Crippen LogP contribution in [0.25, 0.3) is 0 Å². The number of rotatable bonds is 8. The number of ether oxygens (including phenoxy) is 3. The monoisotopic (exact) mass is 386 g/mol. The Morgan fingerprint density at radius 2 is 1.93 bits per heavy atom. The molecule has 0 spiro atoms. The number of Topliss-reactive ketones (excluding diaryl/α,β-unsaturated/α-hetero) is 1. The van der Waals surface area contributed by atoms with E-state index in [2.05, 4.69) is 19.9 Å². The van der Waals surface area contributed by atoms with Gasteiger partial charge in [0.05, 0.1) is 12.0 Å². The summed E-state index contributed by atoms with van der Waals surface area (Å²) in [7, 11) is 0. The normalized spacial score (nSPS) is 24.4. The van der Waals surface area contributed by atoms with Gasteiger partial charge in [-0.2, -0.15) is 0 Å². The van der Waals surface area contributed by atoms with Crippen LogP contribution < -0.4 is 4.74 Å². The second-order valence-corrected chi connectivity index (χ2v) is 8.30. The molecule has 3 rings (SSSR count). The van der Waals surface area contributed by atoms with Crippen LogP contribution in [0.4, 0.5) is 0 Å². The Hall–Kier alpha value is -1.81. The predicted octanol–water partition coefficient (Wildman–Crippen LogP) is 5.57. The molecule has 4 heteroatoms. The first-order valence-electron chi connectivity index (χ1n) is 10.8. The van der Waals surface area contributed by atoms with Crippen molar-refractivity contribution in [1.82, 2.24) is 0 Å². The smallest absolute Gasteiger partial charge is 0.207 e. The summed E-state index contributed by atoms with van der Waals surface area (Å²) in [6.07, 6.45) is 8.99. The summed E-state index contributed by atoms with van der Waals surface area (Å²) in [5.41, 5.74) is 3.34. The maximum Gasteiger partial charge on any atom is 0.207 e. The average molecular weight is 387 g/mol. The second kappa shape index (κ2) is 9.60. The molecule has 1 aliphatic heterocycles. The van der Waals surface area contributed by atoms with Crippen molar-refractivity contribution in [2.45, 2.75) is 84.8 Å². The Morgan fingerprint density at radius 1 is 1.11 bits per heavy atom. The minimum absolute atomic E-state index is 0.0659. The number of ketones is 1. The number of allylic oxidation sites excluding steroid dienone is 1. The fourth-order valence-corrected chi connectivity index (χ4v) is 4.16. The highest BCUT2D eigenvalue weighted by Gasteiger charge is 2.41. The highest BCUT2D eigenvalue weighted by Crippen LogP contribution is 2.36. The number of hydrogen-bond donors (Lipinski definition) is 0. The molecule has 2 aliphatic rings. The molecule has 1 aliphatic carbocycles. The Morgan fingerprint density at radius 3 is 2.71 bits per heavy atom. The number of unbranched alkanes of at least 4 members (excludes halogenated alkanes) is 3. The number of benzene rings is 1. The highest BCUT2D eigenvalue weighted by atomic mass is 16.5. The van der Waals surface area contributed by atoms with Crippen molar-refractivity contribution in [2.24, 2.45) is 5.92 Å². The van der Waals surface area contributed by atoms with Crippen LogP contribution in [-0.2, 0) is 14.3 Å². The lowest BCUT2D eigenvalue weighted by molar-refractivity contribution is -0.133. The van der Waals surface area contributed by atoms with Crippen LogP contribution >= 0.6 is 0 Å². The van der Waals surface area contributed by atoms with Gasteiger partial charge in [0.15, 0.2) is 0 Å². The van der Waals surface area contributed by atoms with E-state index in [1.807, 2.05) is 19.9 Å². The molecule has 0 amide bonds. The summed E-state index contributed by atoms with van der Waals surface area (Å²) in [6.45, 7) is 9.14. The number of fused-ring (bicyclic) bond motifs is 1. The van der Waals surface area contributed by atoms with E-state index in [1.165, 1.54) is 25.5 Å². The lowest BCUT2D eigenvalue weighted by Gasteiger charge is -2.37. The predicted molar refractivity (Wildman–Crippen MR) is 110 cm³/mol. The third-order valence-electron chi connectivity index (χ3n) is 6.01. The lowest BCUT2D eigenvalue weighted by Crippen LogP contribution is -2.42. The van der Waals surface area contributed by atoms with Gasteiger partial charge < -0.3 is 14.2 Å². The van der Waals surface area contributed by atoms with Gasteiger partial charge in [0.2, 0.25) is 11.5 Å². The van der Waals surface area contributed by atoms with Crippen molar-refractivity contribution >= 4 is 5.78 Å². The quantitative estimate of drug-likeness (QED) is 0.548. The fourth-order valence-electron chi connectivity index (χ4n) is 4.16. The molecule has 154 valence electrons. The van der Waals surface area contributed by atoms with Gasteiger partial charge in [0.1, 0.15) is 18.1 Å². The van der Waals surface area contributed by atoms with Gasteiger partial charge in [0, 0.05) is 13.0 Å². The van der Waals surface area contributed by atoms with Crippen LogP contribution in [0.2, 0.25) is 0 Å². The Balaban J connectivity index is 1.58. The van der Waals surface area contributed by atoms with E-state index >= 15 is 0 Å². The first-order valence-corrected chi connectivity index (χ1v) is 10.8. The van der Waals surface area contributed by atoms with E-state index in [-0.39, 0.29) is 23.9 Å².